The lowest BCUT2D eigenvalue weighted by atomic mass is 9.84. The number of aliphatic hydroxyl groups excluding tert-OH is 1. The van der Waals surface area contributed by atoms with Crippen LogP contribution in [-0.2, 0) is 0 Å². The summed E-state index contributed by atoms with van der Waals surface area (Å²) in [5, 5.41) is 9.07. The molecule has 3 heteroatoms. The van der Waals surface area contributed by atoms with Gasteiger partial charge in [0.2, 0.25) is 0 Å². The topological polar surface area (TPSA) is 62.0 Å². The van der Waals surface area contributed by atoms with Crippen LogP contribution in [0.2, 0.25) is 0 Å². The molecule has 0 spiro atoms. The van der Waals surface area contributed by atoms with Gasteiger partial charge in [0.1, 0.15) is 0 Å². The van der Waals surface area contributed by atoms with Crippen molar-refractivity contribution in [3.05, 3.63) is 24.0 Å². The van der Waals surface area contributed by atoms with Crippen LogP contribution < -0.4 is 5.73 Å². The highest BCUT2D eigenvalue weighted by Gasteiger charge is 2.27. The van der Waals surface area contributed by atoms with Crippen LogP contribution in [-0.4, -0.2) is 16.7 Å². The highest BCUT2D eigenvalue weighted by molar-refractivity contribution is 5.11. The fraction of sp³-hybridized carbons (Fsp3) is 0.556. The van der Waals surface area contributed by atoms with E-state index in [1.165, 1.54) is 0 Å². The molecular formula is C9H16N2O. The Morgan fingerprint density at radius 1 is 1.67 bits per heavy atom. The molecule has 3 nitrogen and oxygen atoms in total. The molecule has 0 unspecified atom stereocenters. The first-order valence-electron chi connectivity index (χ1n) is 4.07. The van der Waals surface area contributed by atoms with Crippen LogP contribution in [0.1, 0.15) is 25.6 Å². The minimum atomic E-state index is -0.273. The van der Waals surface area contributed by atoms with E-state index in [0.29, 0.717) is 0 Å². The number of H-pyrrole nitrogens is 1. The Morgan fingerprint density at radius 3 is 2.75 bits per heavy atom. The zero-order chi connectivity index (χ0) is 9.19. The Morgan fingerprint density at radius 2 is 2.33 bits per heavy atom. The van der Waals surface area contributed by atoms with E-state index < -0.39 is 0 Å². The van der Waals surface area contributed by atoms with Crippen LogP contribution in [0.15, 0.2) is 18.3 Å². The number of rotatable bonds is 3. The Labute approximate surface area is 72.6 Å². The quantitative estimate of drug-likeness (QED) is 0.631. The molecule has 0 aliphatic carbocycles. The molecule has 0 aliphatic heterocycles. The van der Waals surface area contributed by atoms with E-state index in [4.69, 9.17) is 10.8 Å². The van der Waals surface area contributed by atoms with Crippen LogP contribution in [0.3, 0.4) is 0 Å². The standard InChI is InChI=1S/C9H16N2O/c1-9(2,6-12)8(10)7-4-3-5-11-7/h3-5,8,11-12H,6,10H2,1-2H3/t8-/m0/s1. The minimum Gasteiger partial charge on any atom is -0.396 e. The SMILES string of the molecule is CC(C)(CO)[C@@H](N)c1ccc[nH]1. The van der Waals surface area contributed by atoms with Gasteiger partial charge in [0.25, 0.3) is 0 Å². The van der Waals surface area contributed by atoms with Crippen molar-refractivity contribution in [2.24, 2.45) is 11.1 Å². The molecule has 0 fully saturated rings. The maximum absolute atomic E-state index is 9.07. The van der Waals surface area contributed by atoms with Crippen molar-refractivity contribution < 1.29 is 5.11 Å². The Hall–Kier alpha value is -0.800. The number of aromatic nitrogens is 1. The second-order valence-electron chi connectivity index (χ2n) is 3.75. The van der Waals surface area contributed by atoms with Crippen molar-refractivity contribution >= 4 is 0 Å². The highest BCUT2D eigenvalue weighted by atomic mass is 16.3. The van der Waals surface area contributed by atoms with Crippen molar-refractivity contribution in [2.45, 2.75) is 19.9 Å². The third kappa shape index (κ3) is 1.68. The zero-order valence-electron chi connectivity index (χ0n) is 7.54. The average molecular weight is 168 g/mol. The molecule has 1 rings (SSSR count). The maximum Gasteiger partial charge on any atom is 0.0521 e. The first kappa shape index (κ1) is 9.29. The average Bonchev–Trinajstić information content (AvgIpc) is 2.55. The summed E-state index contributed by atoms with van der Waals surface area (Å²) in [6.45, 7) is 3.98. The number of nitrogens with two attached hydrogens (primary N) is 1. The molecule has 0 amide bonds. The van der Waals surface area contributed by atoms with Crippen LogP contribution in [0.4, 0.5) is 0 Å². The summed E-state index contributed by atoms with van der Waals surface area (Å²) in [6, 6.07) is 3.70. The van der Waals surface area contributed by atoms with Gasteiger partial charge in [-0.05, 0) is 12.1 Å². The normalized spacial score (nSPS) is 14.7. The first-order valence-corrected chi connectivity index (χ1v) is 4.07. The van der Waals surface area contributed by atoms with Gasteiger partial charge >= 0.3 is 0 Å². The Bertz CT molecular complexity index is 229. The minimum absolute atomic E-state index is 0.0905. The smallest absolute Gasteiger partial charge is 0.0521 e. The van der Waals surface area contributed by atoms with Gasteiger partial charge in [-0.2, -0.15) is 0 Å². The monoisotopic (exact) mass is 168 g/mol. The molecule has 0 radical (unpaired) electrons. The molecule has 1 aromatic heterocycles. The molecule has 12 heavy (non-hydrogen) atoms. The predicted octanol–water partition coefficient (Wildman–Crippen LogP) is 1.03. The summed E-state index contributed by atoms with van der Waals surface area (Å²) in [5.74, 6) is 0. The number of hydrogen-bond acceptors (Lipinski definition) is 2. The molecular weight excluding hydrogens is 152 g/mol. The van der Waals surface area contributed by atoms with E-state index in [9.17, 15) is 0 Å². The van der Waals surface area contributed by atoms with Gasteiger partial charge in [-0.15, -0.1) is 0 Å². The van der Waals surface area contributed by atoms with Gasteiger partial charge in [-0.3, -0.25) is 0 Å². The van der Waals surface area contributed by atoms with Gasteiger partial charge in [0, 0.05) is 17.3 Å². The van der Waals surface area contributed by atoms with Gasteiger partial charge in [0.05, 0.1) is 12.6 Å². The summed E-state index contributed by atoms with van der Waals surface area (Å²) in [4.78, 5) is 3.04. The number of aromatic amines is 1. The lowest BCUT2D eigenvalue weighted by Gasteiger charge is -2.28. The molecule has 0 aliphatic rings. The van der Waals surface area contributed by atoms with Crippen LogP contribution in [0.5, 0.6) is 0 Å². The van der Waals surface area contributed by atoms with Gasteiger partial charge in [0.15, 0.2) is 0 Å². The summed E-state index contributed by atoms with van der Waals surface area (Å²) in [6.07, 6.45) is 1.84. The van der Waals surface area contributed by atoms with Crippen LogP contribution >= 0.6 is 0 Å². The fourth-order valence-electron chi connectivity index (χ4n) is 1.06. The molecule has 0 bridgehead atoms. The van der Waals surface area contributed by atoms with Gasteiger partial charge in [-0.25, -0.2) is 0 Å². The van der Waals surface area contributed by atoms with E-state index in [-0.39, 0.29) is 18.1 Å². The highest BCUT2D eigenvalue weighted by Crippen LogP contribution is 2.29. The third-order valence-electron chi connectivity index (χ3n) is 2.21. The molecule has 0 saturated carbocycles. The Kier molecular flexibility index (Phi) is 2.55. The molecule has 1 heterocycles. The summed E-state index contributed by atoms with van der Waals surface area (Å²) in [7, 11) is 0. The van der Waals surface area contributed by atoms with E-state index in [0.717, 1.165) is 5.69 Å². The first-order chi connectivity index (χ1) is 5.58. The van der Waals surface area contributed by atoms with E-state index >= 15 is 0 Å². The summed E-state index contributed by atoms with van der Waals surface area (Å²) < 4.78 is 0. The van der Waals surface area contributed by atoms with Crippen LogP contribution in [0.25, 0.3) is 0 Å². The summed E-state index contributed by atoms with van der Waals surface area (Å²) in [5.41, 5.74) is 6.63. The molecule has 0 saturated heterocycles. The lowest BCUT2D eigenvalue weighted by Crippen LogP contribution is -2.32. The van der Waals surface area contributed by atoms with Gasteiger partial charge < -0.3 is 15.8 Å². The summed E-state index contributed by atoms with van der Waals surface area (Å²) >= 11 is 0. The maximum atomic E-state index is 9.07. The fourth-order valence-corrected chi connectivity index (χ4v) is 1.06. The molecule has 1 aromatic rings. The van der Waals surface area contributed by atoms with Crippen molar-refractivity contribution in [3.63, 3.8) is 0 Å². The van der Waals surface area contributed by atoms with E-state index in [2.05, 4.69) is 4.98 Å². The second kappa shape index (κ2) is 3.29. The van der Waals surface area contributed by atoms with Crippen molar-refractivity contribution in [2.75, 3.05) is 6.61 Å². The predicted molar refractivity (Wildman–Crippen MR) is 48.6 cm³/mol. The van der Waals surface area contributed by atoms with E-state index in [1.807, 2.05) is 32.2 Å². The molecule has 68 valence electrons. The Balaban J connectivity index is 2.78. The zero-order valence-corrected chi connectivity index (χ0v) is 7.54. The molecule has 1 atom stereocenters. The third-order valence-corrected chi connectivity index (χ3v) is 2.21. The number of nitrogens with one attached hydrogen (secondary N) is 1. The van der Waals surface area contributed by atoms with Crippen molar-refractivity contribution in [3.8, 4) is 0 Å². The molecule has 4 N–H and O–H groups in total. The van der Waals surface area contributed by atoms with Crippen LogP contribution in [0, 0.1) is 5.41 Å². The van der Waals surface area contributed by atoms with E-state index in [1.54, 1.807) is 0 Å². The largest absolute Gasteiger partial charge is 0.396 e. The lowest BCUT2D eigenvalue weighted by molar-refractivity contribution is 0.131. The molecule has 0 aromatic carbocycles. The van der Waals surface area contributed by atoms with Crippen molar-refractivity contribution in [1.82, 2.24) is 4.98 Å². The van der Waals surface area contributed by atoms with Crippen molar-refractivity contribution in [1.29, 1.82) is 0 Å². The van der Waals surface area contributed by atoms with Gasteiger partial charge in [-0.1, -0.05) is 13.8 Å². The number of aliphatic hydroxyl groups is 1. The number of hydrogen-bond donors (Lipinski definition) is 3. The second-order valence-corrected chi connectivity index (χ2v) is 3.75.